The van der Waals surface area contributed by atoms with E-state index in [-0.39, 0.29) is 11.3 Å². The number of carbonyl (C=O) groups excluding carboxylic acids is 1. The molecule has 0 saturated carbocycles. The van der Waals surface area contributed by atoms with Gasteiger partial charge >= 0.3 is 0 Å². The molecular weight excluding hydrogens is 334 g/mol. The van der Waals surface area contributed by atoms with Crippen molar-refractivity contribution in [2.45, 2.75) is 0 Å². The lowest BCUT2D eigenvalue weighted by Crippen LogP contribution is -2.71. The van der Waals surface area contributed by atoms with E-state index in [1.54, 1.807) is 17.6 Å². The second-order valence-electron chi connectivity index (χ2n) is 5.39. The molecule has 1 aromatic heterocycles. The average Bonchev–Trinajstić information content (AvgIpc) is 2.67. The first-order valence-corrected chi connectivity index (χ1v) is 7.82. The summed E-state index contributed by atoms with van der Waals surface area (Å²) in [5, 5.41) is 16.7. The molecule has 0 saturated heterocycles. The summed E-state index contributed by atoms with van der Waals surface area (Å²) in [5.74, 6) is -0.300. The van der Waals surface area contributed by atoms with Gasteiger partial charge in [0.05, 0.1) is 37.5 Å². The molecule has 2 aromatic carbocycles. The van der Waals surface area contributed by atoms with Crippen LogP contribution in [-0.4, -0.2) is 31.4 Å². The number of carbonyl (C=O) groups is 1. The molecule has 0 atom stereocenters. The second-order valence-corrected chi connectivity index (χ2v) is 5.39. The third-order valence-electron chi connectivity index (χ3n) is 3.82. The second kappa shape index (κ2) is 7.62. The van der Waals surface area contributed by atoms with Crippen LogP contribution < -0.4 is 20.0 Å². The van der Waals surface area contributed by atoms with E-state index >= 15 is 0 Å². The standard InChI is InChI=1S/C19H17N3O4/c1-25-15-9-7-13(17(19(23)24)18(15)26-2)11-20-22-16-10-8-12-5-3-4-6-14(12)21-16/h3-11H,1-2H3,(H,21,22)(H,23,24)/b20-11+. The fraction of sp³-hybridized carbons (Fsp3) is 0.105. The van der Waals surface area contributed by atoms with Crippen LogP contribution in [0, 0.1) is 0 Å². The Kier molecular flexibility index (Phi) is 5.09. The van der Waals surface area contributed by atoms with E-state index in [1.165, 1.54) is 20.4 Å². The van der Waals surface area contributed by atoms with Crippen LogP contribution in [0.25, 0.3) is 10.9 Å². The number of carboxylic acid groups (broad SMARTS) is 1. The number of ether oxygens (including phenoxy) is 2. The highest BCUT2D eigenvalue weighted by molar-refractivity contribution is 6.00. The molecule has 0 spiro atoms. The van der Waals surface area contributed by atoms with Crippen molar-refractivity contribution in [3.8, 4) is 11.5 Å². The maximum Gasteiger partial charge on any atom is 0.251 e. The van der Waals surface area contributed by atoms with Crippen LogP contribution in [-0.2, 0) is 0 Å². The molecule has 7 heteroatoms. The van der Waals surface area contributed by atoms with Crippen LogP contribution in [0.5, 0.6) is 11.5 Å². The Labute approximate surface area is 149 Å². The average molecular weight is 351 g/mol. The molecule has 132 valence electrons. The minimum Gasteiger partial charge on any atom is -0.545 e. The fourth-order valence-corrected chi connectivity index (χ4v) is 2.61. The molecule has 0 aliphatic rings. The zero-order valence-electron chi connectivity index (χ0n) is 14.3. The summed E-state index contributed by atoms with van der Waals surface area (Å²) in [6.45, 7) is 0. The van der Waals surface area contributed by atoms with Crippen LogP contribution in [0.1, 0.15) is 15.9 Å². The van der Waals surface area contributed by atoms with Crippen LogP contribution >= 0.6 is 0 Å². The summed E-state index contributed by atoms with van der Waals surface area (Å²) in [6, 6.07) is 14.7. The summed E-state index contributed by atoms with van der Waals surface area (Å²) in [6.07, 6.45) is 1.42. The van der Waals surface area contributed by atoms with Crippen LogP contribution in [0.4, 0.5) is 5.82 Å². The number of pyridine rings is 1. The van der Waals surface area contributed by atoms with Gasteiger partial charge < -0.3 is 19.4 Å². The lowest BCUT2D eigenvalue weighted by atomic mass is 10.1. The molecule has 0 amide bonds. The molecule has 0 aliphatic carbocycles. The van der Waals surface area contributed by atoms with Crippen molar-refractivity contribution in [1.82, 2.24) is 4.98 Å². The monoisotopic (exact) mass is 351 g/mol. The predicted octanol–water partition coefficient (Wildman–Crippen LogP) is 0.844. The summed E-state index contributed by atoms with van der Waals surface area (Å²) >= 11 is 0. The van der Waals surface area contributed by atoms with Gasteiger partial charge in [0.25, 0.3) is 5.82 Å². The van der Waals surface area contributed by atoms with Gasteiger partial charge in [0.15, 0.2) is 11.5 Å². The molecule has 0 radical (unpaired) electrons. The van der Waals surface area contributed by atoms with E-state index in [1.807, 2.05) is 36.4 Å². The third kappa shape index (κ3) is 3.47. The number of quaternary nitrogens is 1. The predicted molar refractivity (Wildman–Crippen MR) is 94.8 cm³/mol. The van der Waals surface area contributed by atoms with Gasteiger partial charge in [0.2, 0.25) is 0 Å². The maximum absolute atomic E-state index is 11.5. The van der Waals surface area contributed by atoms with Crippen LogP contribution in [0.15, 0.2) is 53.6 Å². The molecule has 0 bridgehead atoms. The van der Waals surface area contributed by atoms with E-state index in [0.717, 1.165) is 10.9 Å². The van der Waals surface area contributed by atoms with Gasteiger partial charge in [-0.05, 0) is 24.3 Å². The summed E-state index contributed by atoms with van der Waals surface area (Å²) in [4.78, 5) is 16.0. The Hall–Kier alpha value is -3.45. The Morgan fingerprint density at radius 2 is 1.92 bits per heavy atom. The highest BCUT2D eigenvalue weighted by Crippen LogP contribution is 2.32. The molecule has 0 aliphatic heterocycles. The first kappa shape index (κ1) is 17.4. The molecular formula is C19H17N3O4. The van der Waals surface area contributed by atoms with Gasteiger partial charge in [-0.2, -0.15) is 10.4 Å². The fourth-order valence-electron chi connectivity index (χ4n) is 2.61. The number of nitrogens with two attached hydrogens (primary N) is 1. The number of aromatic nitrogens is 1. The van der Waals surface area contributed by atoms with E-state index in [2.05, 4.69) is 10.1 Å². The van der Waals surface area contributed by atoms with Gasteiger partial charge in [-0.1, -0.05) is 23.3 Å². The number of rotatable bonds is 6. The van der Waals surface area contributed by atoms with Gasteiger partial charge in [-0.3, -0.25) is 0 Å². The number of benzene rings is 2. The molecule has 7 nitrogen and oxygen atoms in total. The van der Waals surface area contributed by atoms with E-state index < -0.39 is 5.97 Å². The number of hydrogen-bond donors (Lipinski definition) is 1. The number of aromatic carboxylic acids is 1. The molecule has 3 rings (SSSR count). The van der Waals surface area contributed by atoms with E-state index in [0.29, 0.717) is 17.1 Å². The zero-order valence-corrected chi connectivity index (χ0v) is 14.3. The van der Waals surface area contributed by atoms with E-state index in [9.17, 15) is 9.90 Å². The molecule has 2 N–H and O–H groups in total. The minimum absolute atomic E-state index is 0.0975. The first-order valence-electron chi connectivity index (χ1n) is 7.82. The van der Waals surface area contributed by atoms with Crippen molar-refractivity contribution < 1.29 is 24.8 Å². The summed E-state index contributed by atoms with van der Waals surface area (Å²) in [7, 11) is 2.81. The Balaban J connectivity index is 1.88. The number of fused-ring (bicyclic) bond motifs is 1. The smallest absolute Gasteiger partial charge is 0.251 e. The van der Waals surface area contributed by atoms with E-state index in [4.69, 9.17) is 9.47 Å². The first-order chi connectivity index (χ1) is 12.6. The molecule has 0 fully saturated rings. The highest BCUT2D eigenvalue weighted by Gasteiger charge is 2.15. The Morgan fingerprint density at radius 1 is 1.12 bits per heavy atom. The van der Waals surface area contributed by atoms with Crippen LogP contribution in [0.3, 0.4) is 0 Å². The van der Waals surface area contributed by atoms with Crippen LogP contribution in [0.2, 0.25) is 0 Å². The summed E-state index contributed by atoms with van der Waals surface area (Å²) in [5.41, 5.74) is 2.65. The van der Waals surface area contributed by atoms with Crippen molar-refractivity contribution >= 4 is 28.9 Å². The summed E-state index contributed by atoms with van der Waals surface area (Å²) < 4.78 is 10.3. The highest BCUT2D eigenvalue weighted by atomic mass is 16.5. The van der Waals surface area contributed by atoms with Crippen molar-refractivity contribution in [3.63, 3.8) is 0 Å². The molecule has 3 aromatic rings. The van der Waals surface area contributed by atoms with Gasteiger partial charge in [-0.15, -0.1) is 0 Å². The lowest BCUT2D eigenvalue weighted by molar-refractivity contribution is -0.580. The maximum atomic E-state index is 11.5. The number of nitrogens with zero attached hydrogens (tertiary/aromatic N) is 2. The Morgan fingerprint density at radius 3 is 2.65 bits per heavy atom. The number of carboxylic acids is 1. The van der Waals surface area contributed by atoms with Gasteiger partial charge in [0, 0.05) is 17.0 Å². The van der Waals surface area contributed by atoms with Gasteiger partial charge in [0.1, 0.15) is 0 Å². The zero-order chi connectivity index (χ0) is 18.5. The minimum atomic E-state index is -1.37. The Bertz CT molecular complexity index is 986. The van der Waals surface area contributed by atoms with Crippen molar-refractivity contribution in [1.29, 1.82) is 0 Å². The topological polar surface area (TPSA) is 100 Å². The SMILES string of the molecule is COc1ccc(/C=N/[NH2+]c2ccc3ccccc3n2)c(C(=O)[O-])c1OC. The number of para-hydroxylation sites is 1. The van der Waals surface area contributed by atoms with Crippen molar-refractivity contribution in [2.24, 2.45) is 5.10 Å². The molecule has 26 heavy (non-hydrogen) atoms. The lowest BCUT2D eigenvalue weighted by Gasteiger charge is -2.15. The normalized spacial score (nSPS) is 11.0. The number of hydrogen-bond acceptors (Lipinski definition) is 6. The van der Waals surface area contributed by atoms with Crippen molar-refractivity contribution in [3.05, 3.63) is 59.7 Å². The largest absolute Gasteiger partial charge is 0.545 e. The molecule has 1 heterocycles. The molecule has 0 unspecified atom stereocenters. The van der Waals surface area contributed by atoms with Gasteiger partial charge in [-0.25, -0.2) is 0 Å². The number of methoxy groups -OCH3 is 2. The quantitative estimate of drug-likeness (QED) is 0.403. The third-order valence-corrected chi connectivity index (χ3v) is 3.82. The van der Waals surface area contributed by atoms with Crippen molar-refractivity contribution in [2.75, 3.05) is 14.2 Å².